The average Bonchev–Trinajstić information content (AvgIpc) is 2.20. The van der Waals surface area contributed by atoms with Crippen molar-refractivity contribution in [2.45, 2.75) is 59.0 Å². The Bertz CT molecular complexity index is 189. The molecule has 1 aliphatic heterocycles. The Labute approximate surface area is 95.4 Å². The van der Waals surface area contributed by atoms with Gasteiger partial charge in [-0.15, -0.1) is 0 Å². The fourth-order valence-corrected chi connectivity index (χ4v) is 2.02. The van der Waals surface area contributed by atoms with Gasteiger partial charge < -0.3 is 10.2 Å². The van der Waals surface area contributed by atoms with Crippen LogP contribution in [0.4, 0.5) is 0 Å². The normalized spacial score (nSPS) is 29.4. The number of hydrogen-bond donors (Lipinski definition) is 1. The van der Waals surface area contributed by atoms with E-state index in [2.05, 4.69) is 45.0 Å². The second-order valence-corrected chi connectivity index (χ2v) is 5.95. The lowest BCUT2D eigenvalue weighted by Crippen LogP contribution is -2.47. The molecular formula is C13H28N2. The Balaban J connectivity index is 2.28. The summed E-state index contributed by atoms with van der Waals surface area (Å²) < 4.78 is 0. The van der Waals surface area contributed by atoms with Crippen LogP contribution in [0.3, 0.4) is 0 Å². The molecule has 0 aliphatic carbocycles. The summed E-state index contributed by atoms with van der Waals surface area (Å²) >= 11 is 0. The number of hydrogen-bond acceptors (Lipinski definition) is 2. The van der Waals surface area contributed by atoms with Gasteiger partial charge in [-0.1, -0.05) is 20.8 Å². The molecular weight excluding hydrogens is 184 g/mol. The molecule has 1 rings (SSSR count). The summed E-state index contributed by atoms with van der Waals surface area (Å²) in [6, 6.07) is 1.48. The predicted molar refractivity (Wildman–Crippen MR) is 67.2 cm³/mol. The Morgan fingerprint density at radius 2 is 2.07 bits per heavy atom. The van der Waals surface area contributed by atoms with Gasteiger partial charge in [-0.3, -0.25) is 0 Å². The largest absolute Gasteiger partial charge is 0.313 e. The van der Waals surface area contributed by atoms with Crippen LogP contribution in [0.25, 0.3) is 0 Å². The lowest BCUT2D eigenvalue weighted by atomic mass is 9.89. The van der Waals surface area contributed by atoms with E-state index >= 15 is 0 Å². The quantitative estimate of drug-likeness (QED) is 0.770. The number of rotatable bonds is 4. The van der Waals surface area contributed by atoms with Gasteiger partial charge in [0.25, 0.3) is 0 Å². The predicted octanol–water partition coefficient (Wildman–Crippen LogP) is 2.49. The van der Waals surface area contributed by atoms with Gasteiger partial charge in [-0.25, -0.2) is 0 Å². The van der Waals surface area contributed by atoms with Crippen molar-refractivity contribution in [3.63, 3.8) is 0 Å². The van der Waals surface area contributed by atoms with Crippen molar-refractivity contribution in [1.29, 1.82) is 0 Å². The second kappa shape index (κ2) is 5.31. The van der Waals surface area contributed by atoms with Gasteiger partial charge in [-0.05, 0) is 45.2 Å². The van der Waals surface area contributed by atoms with E-state index in [9.17, 15) is 0 Å². The molecule has 0 bridgehead atoms. The maximum atomic E-state index is 3.74. The Morgan fingerprint density at radius 1 is 1.40 bits per heavy atom. The van der Waals surface area contributed by atoms with E-state index in [1.165, 1.54) is 25.8 Å². The number of nitrogens with one attached hydrogen (secondary N) is 1. The van der Waals surface area contributed by atoms with Gasteiger partial charge in [-0.2, -0.15) is 0 Å². The molecule has 1 aliphatic rings. The molecule has 0 aromatic carbocycles. The van der Waals surface area contributed by atoms with Crippen LogP contribution in [0.5, 0.6) is 0 Å². The van der Waals surface area contributed by atoms with Gasteiger partial charge in [0.15, 0.2) is 0 Å². The first-order valence-corrected chi connectivity index (χ1v) is 6.38. The minimum Gasteiger partial charge on any atom is -0.313 e. The third-order valence-corrected chi connectivity index (χ3v) is 4.03. The van der Waals surface area contributed by atoms with Crippen LogP contribution in [0.15, 0.2) is 0 Å². The van der Waals surface area contributed by atoms with Gasteiger partial charge in [0, 0.05) is 18.6 Å². The van der Waals surface area contributed by atoms with Crippen molar-refractivity contribution in [2.24, 2.45) is 5.41 Å². The van der Waals surface area contributed by atoms with Gasteiger partial charge in [0.05, 0.1) is 0 Å². The maximum absolute atomic E-state index is 3.74. The average molecular weight is 212 g/mol. The van der Waals surface area contributed by atoms with Crippen LogP contribution in [-0.2, 0) is 0 Å². The standard InChI is InChI=1S/C13H28N2/c1-6-13(3,4)10-14-12-7-8-15(5)11(2)9-12/h11-12,14H,6-10H2,1-5H3. The zero-order chi connectivity index (χ0) is 11.5. The van der Waals surface area contributed by atoms with E-state index in [4.69, 9.17) is 0 Å². The molecule has 90 valence electrons. The maximum Gasteiger partial charge on any atom is 0.00942 e. The van der Waals surface area contributed by atoms with Crippen molar-refractivity contribution in [3.05, 3.63) is 0 Å². The number of nitrogens with zero attached hydrogens (tertiary/aromatic N) is 1. The highest BCUT2D eigenvalue weighted by Gasteiger charge is 2.24. The topological polar surface area (TPSA) is 15.3 Å². The van der Waals surface area contributed by atoms with Crippen molar-refractivity contribution in [3.8, 4) is 0 Å². The van der Waals surface area contributed by atoms with Gasteiger partial charge >= 0.3 is 0 Å². The van der Waals surface area contributed by atoms with E-state index in [1.807, 2.05) is 0 Å². The van der Waals surface area contributed by atoms with Crippen molar-refractivity contribution in [1.82, 2.24) is 10.2 Å². The van der Waals surface area contributed by atoms with Crippen LogP contribution in [0, 0.1) is 5.41 Å². The molecule has 0 aromatic rings. The Kier molecular flexibility index (Phi) is 4.60. The summed E-state index contributed by atoms with van der Waals surface area (Å²) in [5, 5.41) is 3.74. The van der Waals surface area contributed by atoms with Crippen molar-refractivity contribution in [2.75, 3.05) is 20.1 Å². The molecule has 1 N–H and O–H groups in total. The zero-order valence-electron chi connectivity index (χ0n) is 11.1. The van der Waals surface area contributed by atoms with Gasteiger partial charge in [0.1, 0.15) is 0 Å². The highest BCUT2D eigenvalue weighted by Crippen LogP contribution is 2.20. The van der Waals surface area contributed by atoms with E-state index in [0.29, 0.717) is 5.41 Å². The SMILES string of the molecule is CCC(C)(C)CNC1CCN(C)C(C)C1. The first-order valence-electron chi connectivity index (χ1n) is 6.38. The molecule has 2 unspecified atom stereocenters. The van der Waals surface area contributed by atoms with E-state index in [1.54, 1.807) is 0 Å². The summed E-state index contributed by atoms with van der Waals surface area (Å²) in [5.74, 6) is 0. The molecule has 2 nitrogen and oxygen atoms in total. The third kappa shape index (κ3) is 4.12. The van der Waals surface area contributed by atoms with Crippen LogP contribution >= 0.6 is 0 Å². The molecule has 1 heterocycles. The third-order valence-electron chi connectivity index (χ3n) is 4.03. The first kappa shape index (κ1) is 13.0. The zero-order valence-corrected chi connectivity index (χ0v) is 11.1. The first-order chi connectivity index (χ1) is 6.94. The summed E-state index contributed by atoms with van der Waals surface area (Å²) in [7, 11) is 2.23. The van der Waals surface area contributed by atoms with Crippen LogP contribution < -0.4 is 5.32 Å². The molecule has 0 spiro atoms. The lowest BCUT2D eigenvalue weighted by molar-refractivity contribution is 0.160. The molecule has 0 radical (unpaired) electrons. The highest BCUT2D eigenvalue weighted by molar-refractivity contribution is 4.83. The Hall–Kier alpha value is -0.0800. The monoisotopic (exact) mass is 212 g/mol. The van der Waals surface area contributed by atoms with E-state index < -0.39 is 0 Å². The van der Waals surface area contributed by atoms with E-state index in [0.717, 1.165) is 18.6 Å². The minimum absolute atomic E-state index is 0.451. The van der Waals surface area contributed by atoms with E-state index in [-0.39, 0.29) is 0 Å². The number of piperidine rings is 1. The molecule has 0 amide bonds. The summed E-state index contributed by atoms with van der Waals surface area (Å²) in [6.45, 7) is 11.7. The molecule has 0 aromatic heterocycles. The van der Waals surface area contributed by atoms with Gasteiger partial charge in [0.2, 0.25) is 0 Å². The Morgan fingerprint density at radius 3 is 2.60 bits per heavy atom. The highest BCUT2D eigenvalue weighted by atomic mass is 15.1. The summed E-state index contributed by atoms with van der Waals surface area (Å²) in [6.07, 6.45) is 3.86. The molecule has 2 atom stereocenters. The minimum atomic E-state index is 0.451. The number of likely N-dealkylation sites (tertiary alicyclic amines) is 1. The fraction of sp³-hybridized carbons (Fsp3) is 1.00. The molecule has 15 heavy (non-hydrogen) atoms. The van der Waals surface area contributed by atoms with Crippen molar-refractivity contribution < 1.29 is 0 Å². The molecule has 0 saturated carbocycles. The summed E-state index contributed by atoms with van der Waals surface area (Å²) in [4.78, 5) is 2.46. The van der Waals surface area contributed by atoms with Crippen LogP contribution in [-0.4, -0.2) is 37.1 Å². The lowest BCUT2D eigenvalue weighted by Gasteiger charge is -2.37. The molecule has 1 fully saturated rings. The smallest absolute Gasteiger partial charge is 0.00942 e. The molecule has 1 saturated heterocycles. The summed E-state index contributed by atoms with van der Waals surface area (Å²) in [5.41, 5.74) is 0.451. The van der Waals surface area contributed by atoms with Crippen LogP contribution in [0.2, 0.25) is 0 Å². The molecule has 2 heteroatoms. The second-order valence-electron chi connectivity index (χ2n) is 5.95. The van der Waals surface area contributed by atoms with Crippen LogP contribution in [0.1, 0.15) is 47.0 Å². The van der Waals surface area contributed by atoms with Crippen molar-refractivity contribution >= 4 is 0 Å². The fourth-order valence-electron chi connectivity index (χ4n) is 2.02.